The standard InChI is InChI=1S/C15H25N3/c1-13-12-18(11-10-17(13)2)9-8-15(16)14-6-4-3-5-7-14/h3-7,13,15H,8-12,16H2,1-2H3. The molecule has 1 aliphatic rings. The highest BCUT2D eigenvalue weighted by Gasteiger charge is 2.20. The molecule has 1 aromatic rings. The molecule has 2 unspecified atom stereocenters. The van der Waals surface area contributed by atoms with E-state index < -0.39 is 0 Å². The fraction of sp³-hybridized carbons (Fsp3) is 0.600. The largest absolute Gasteiger partial charge is 0.324 e. The average Bonchev–Trinajstić information content (AvgIpc) is 2.41. The Kier molecular flexibility index (Phi) is 4.75. The smallest absolute Gasteiger partial charge is 0.0307 e. The third-order valence-corrected chi connectivity index (χ3v) is 4.03. The van der Waals surface area contributed by atoms with E-state index in [0.29, 0.717) is 6.04 Å². The molecule has 2 N–H and O–H groups in total. The van der Waals surface area contributed by atoms with Gasteiger partial charge in [-0.3, -0.25) is 0 Å². The van der Waals surface area contributed by atoms with Crippen LogP contribution in [0.2, 0.25) is 0 Å². The van der Waals surface area contributed by atoms with Gasteiger partial charge in [0.2, 0.25) is 0 Å². The number of benzene rings is 1. The molecule has 0 spiro atoms. The lowest BCUT2D eigenvalue weighted by atomic mass is 10.0. The topological polar surface area (TPSA) is 32.5 Å². The first-order valence-electron chi connectivity index (χ1n) is 6.90. The van der Waals surface area contributed by atoms with E-state index in [1.54, 1.807) is 0 Å². The lowest BCUT2D eigenvalue weighted by molar-refractivity contribution is 0.103. The van der Waals surface area contributed by atoms with E-state index in [1.807, 2.05) is 6.07 Å². The summed E-state index contributed by atoms with van der Waals surface area (Å²) >= 11 is 0. The number of piperazine rings is 1. The zero-order valence-electron chi connectivity index (χ0n) is 11.5. The Morgan fingerprint density at radius 3 is 2.67 bits per heavy atom. The summed E-state index contributed by atoms with van der Waals surface area (Å²) in [5.41, 5.74) is 7.49. The predicted molar refractivity (Wildman–Crippen MR) is 76.5 cm³/mol. The molecule has 18 heavy (non-hydrogen) atoms. The normalized spacial score (nSPS) is 24.1. The van der Waals surface area contributed by atoms with E-state index in [4.69, 9.17) is 5.73 Å². The number of hydrogen-bond donors (Lipinski definition) is 1. The molecule has 0 aromatic heterocycles. The molecule has 100 valence electrons. The maximum atomic E-state index is 6.24. The van der Waals surface area contributed by atoms with Crippen molar-refractivity contribution in [3.63, 3.8) is 0 Å². The Morgan fingerprint density at radius 1 is 1.28 bits per heavy atom. The first-order chi connectivity index (χ1) is 8.66. The van der Waals surface area contributed by atoms with Crippen LogP contribution in [0.4, 0.5) is 0 Å². The Morgan fingerprint density at radius 2 is 2.00 bits per heavy atom. The van der Waals surface area contributed by atoms with Crippen LogP contribution in [0.5, 0.6) is 0 Å². The summed E-state index contributed by atoms with van der Waals surface area (Å²) < 4.78 is 0. The van der Waals surface area contributed by atoms with Gasteiger partial charge < -0.3 is 15.5 Å². The maximum Gasteiger partial charge on any atom is 0.0307 e. The Balaban J connectivity index is 1.78. The molecule has 0 bridgehead atoms. The second-order valence-corrected chi connectivity index (χ2v) is 5.44. The number of likely N-dealkylation sites (N-methyl/N-ethyl adjacent to an activating group) is 1. The van der Waals surface area contributed by atoms with Crippen molar-refractivity contribution in [2.75, 3.05) is 33.2 Å². The fourth-order valence-electron chi connectivity index (χ4n) is 2.52. The van der Waals surface area contributed by atoms with Crippen molar-refractivity contribution >= 4 is 0 Å². The molecular formula is C15H25N3. The molecule has 0 amide bonds. The van der Waals surface area contributed by atoms with E-state index in [1.165, 1.54) is 18.7 Å². The van der Waals surface area contributed by atoms with Gasteiger partial charge in [0.05, 0.1) is 0 Å². The predicted octanol–water partition coefficient (Wildman–Crippen LogP) is 1.71. The fourth-order valence-corrected chi connectivity index (χ4v) is 2.52. The van der Waals surface area contributed by atoms with Crippen molar-refractivity contribution in [3.8, 4) is 0 Å². The minimum absolute atomic E-state index is 0.168. The minimum Gasteiger partial charge on any atom is -0.324 e. The van der Waals surface area contributed by atoms with Crippen molar-refractivity contribution in [3.05, 3.63) is 35.9 Å². The Bertz CT molecular complexity index is 352. The van der Waals surface area contributed by atoms with Gasteiger partial charge in [0.15, 0.2) is 0 Å². The summed E-state index contributed by atoms with van der Waals surface area (Å²) in [6.07, 6.45) is 1.04. The first kappa shape index (κ1) is 13.5. The van der Waals surface area contributed by atoms with Crippen LogP contribution >= 0.6 is 0 Å². The van der Waals surface area contributed by atoms with E-state index in [0.717, 1.165) is 19.5 Å². The molecule has 2 rings (SSSR count). The van der Waals surface area contributed by atoms with Gasteiger partial charge in [-0.25, -0.2) is 0 Å². The maximum absolute atomic E-state index is 6.24. The second kappa shape index (κ2) is 6.32. The summed E-state index contributed by atoms with van der Waals surface area (Å²) in [5, 5.41) is 0. The summed E-state index contributed by atoms with van der Waals surface area (Å²) in [7, 11) is 2.21. The van der Waals surface area contributed by atoms with E-state index in [9.17, 15) is 0 Å². The van der Waals surface area contributed by atoms with Crippen molar-refractivity contribution in [1.82, 2.24) is 9.80 Å². The van der Waals surface area contributed by atoms with Crippen molar-refractivity contribution in [1.29, 1.82) is 0 Å². The van der Waals surface area contributed by atoms with Crippen LogP contribution in [0.3, 0.4) is 0 Å². The Hall–Kier alpha value is -0.900. The molecule has 0 radical (unpaired) electrons. The average molecular weight is 247 g/mol. The first-order valence-corrected chi connectivity index (χ1v) is 6.90. The van der Waals surface area contributed by atoms with Gasteiger partial charge in [0.25, 0.3) is 0 Å². The van der Waals surface area contributed by atoms with Crippen molar-refractivity contribution < 1.29 is 0 Å². The molecule has 1 heterocycles. The van der Waals surface area contributed by atoms with Crippen LogP contribution < -0.4 is 5.73 Å². The van der Waals surface area contributed by atoms with Crippen molar-refractivity contribution in [2.24, 2.45) is 5.73 Å². The van der Waals surface area contributed by atoms with Crippen LogP contribution in [-0.2, 0) is 0 Å². The molecule has 1 fully saturated rings. The van der Waals surface area contributed by atoms with Gasteiger partial charge >= 0.3 is 0 Å². The van der Waals surface area contributed by atoms with Crippen LogP contribution in [0.1, 0.15) is 24.9 Å². The SMILES string of the molecule is CC1CN(CCC(N)c2ccccc2)CCN1C. The third-order valence-electron chi connectivity index (χ3n) is 4.03. The van der Waals surface area contributed by atoms with E-state index in [-0.39, 0.29) is 6.04 Å². The van der Waals surface area contributed by atoms with Crippen LogP contribution in [0.15, 0.2) is 30.3 Å². The summed E-state index contributed by atoms with van der Waals surface area (Å²) in [6, 6.07) is 11.2. The van der Waals surface area contributed by atoms with Crippen LogP contribution in [-0.4, -0.2) is 49.1 Å². The van der Waals surface area contributed by atoms with E-state index >= 15 is 0 Å². The Labute approximate surface area is 111 Å². The number of nitrogens with two attached hydrogens (primary N) is 1. The minimum atomic E-state index is 0.168. The molecule has 0 saturated carbocycles. The van der Waals surface area contributed by atoms with Gasteiger partial charge in [0.1, 0.15) is 0 Å². The third kappa shape index (κ3) is 3.55. The van der Waals surface area contributed by atoms with E-state index in [2.05, 4.69) is 48.0 Å². The molecule has 3 heteroatoms. The zero-order valence-corrected chi connectivity index (χ0v) is 11.5. The molecule has 1 aliphatic heterocycles. The van der Waals surface area contributed by atoms with Crippen molar-refractivity contribution in [2.45, 2.75) is 25.4 Å². The lowest BCUT2D eigenvalue weighted by Crippen LogP contribution is -2.50. The highest BCUT2D eigenvalue weighted by Crippen LogP contribution is 2.15. The summed E-state index contributed by atoms with van der Waals surface area (Å²) in [4.78, 5) is 4.96. The van der Waals surface area contributed by atoms with Gasteiger partial charge in [-0.2, -0.15) is 0 Å². The van der Waals surface area contributed by atoms with Gasteiger partial charge in [-0.05, 0) is 26.0 Å². The lowest BCUT2D eigenvalue weighted by Gasteiger charge is -2.38. The zero-order chi connectivity index (χ0) is 13.0. The van der Waals surface area contributed by atoms with Crippen LogP contribution in [0.25, 0.3) is 0 Å². The molecule has 2 atom stereocenters. The van der Waals surface area contributed by atoms with Gasteiger partial charge in [-0.15, -0.1) is 0 Å². The monoisotopic (exact) mass is 247 g/mol. The van der Waals surface area contributed by atoms with Crippen LogP contribution in [0, 0.1) is 0 Å². The highest BCUT2D eigenvalue weighted by molar-refractivity contribution is 5.18. The molecular weight excluding hydrogens is 222 g/mol. The number of hydrogen-bond acceptors (Lipinski definition) is 3. The summed E-state index contributed by atoms with van der Waals surface area (Å²) in [6.45, 7) is 6.90. The molecule has 1 aromatic carbocycles. The van der Waals surface area contributed by atoms with Gasteiger partial charge in [0, 0.05) is 38.3 Å². The molecule has 0 aliphatic carbocycles. The quantitative estimate of drug-likeness (QED) is 0.879. The second-order valence-electron chi connectivity index (χ2n) is 5.44. The number of nitrogens with zero attached hydrogens (tertiary/aromatic N) is 2. The summed E-state index contributed by atoms with van der Waals surface area (Å²) in [5.74, 6) is 0. The van der Waals surface area contributed by atoms with Gasteiger partial charge in [-0.1, -0.05) is 30.3 Å². The highest BCUT2D eigenvalue weighted by atomic mass is 15.3. The molecule has 1 saturated heterocycles. The molecule has 3 nitrogen and oxygen atoms in total. The number of rotatable bonds is 4.